The lowest BCUT2D eigenvalue weighted by Crippen LogP contribution is -2.44. The molecule has 0 radical (unpaired) electrons. The summed E-state index contributed by atoms with van der Waals surface area (Å²) in [5.41, 5.74) is -0.375. The Morgan fingerprint density at radius 2 is 1.72 bits per heavy atom. The Balaban J connectivity index is 1.82. The van der Waals surface area contributed by atoms with Gasteiger partial charge in [-0.3, -0.25) is 4.31 Å². The molecule has 0 unspecified atom stereocenters. The average molecular weight is 481 g/mol. The number of likely N-dealkylation sites (tertiary alicyclic amines) is 1. The first kappa shape index (κ1) is 24.2. The van der Waals surface area contributed by atoms with E-state index in [1.54, 1.807) is 35.2 Å². The molecule has 0 aliphatic carbocycles. The predicted octanol–water partition coefficient (Wildman–Crippen LogP) is 4.89. The Morgan fingerprint density at radius 1 is 1.12 bits per heavy atom. The number of ether oxygens (including phenoxy) is 1. The molecule has 0 aromatic heterocycles. The molecule has 0 spiro atoms. The fraction of sp³-hybridized carbons (Fsp3) is 0.435. The van der Waals surface area contributed by atoms with Crippen molar-refractivity contribution in [2.75, 3.05) is 23.9 Å². The molecule has 174 valence electrons. The van der Waals surface area contributed by atoms with Crippen molar-refractivity contribution in [1.29, 1.82) is 0 Å². The van der Waals surface area contributed by atoms with Crippen LogP contribution >= 0.6 is 11.6 Å². The van der Waals surface area contributed by atoms with E-state index in [9.17, 15) is 18.3 Å². The van der Waals surface area contributed by atoms with Gasteiger partial charge in [-0.25, -0.2) is 13.2 Å². The molecule has 1 aliphatic rings. The van der Waals surface area contributed by atoms with E-state index in [0.717, 1.165) is 0 Å². The maximum absolute atomic E-state index is 13.6. The highest BCUT2D eigenvalue weighted by Crippen LogP contribution is 2.35. The van der Waals surface area contributed by atoms with Crippen molar-refractivity contribution in [3.8, 4) is 5.75 Å². The number of para-hydroxylation sites is 2. The second-order valence-corrected chi connectivity index (χ2v) is 11.1. The number of phenols is 1. The highest BCUT2D eigenvalue weighted by atomic mass is 35.5. The van der Waals surface area contributed by atoms with Gasteiger partial charge in [0.2, 0.25) is 0 Å². The first-order valence-corrected chi connectivity index (χ1v) is 12.3. The molecule has 9 heteroatoms. The van der Waals surface area contributed by atoms with E-state index >= 15 is 0 Å². The largest absolute Gasteiger partial charge is 0.506 e. The summed E-state index contributed by atoms with van der Waals surface area (Å²) in [7, 11) is -4.02. The zero-order valence-corrected chi connectivity index (χ0v) is 20.1. The van der Waals surface area contributed by atoms with Gasteiger partial charge in [0.05, 0.1) is 10.7 Å². The van der Waals surface area contributed by atoms with Crippen molar-refractivity contribution in [3.05, 3.63) is 53.6 Å². The van der Waals surface area contributed by atoms with Crippen LogP contribution < -0.4 is 4.31 Å². The van der Waals surface area contributed by atoms with E-state index in [0.29, 0.717) is 25.9 Å². The Kier molecular flexibility index (Phi) is 7.25. The summed E-state index contributed by atoms with van der Waals surface area (Å²) < 4.78 is 33.8. The zero-order chi connectivity index (χ0) is 23.5. The van der Waals surface area contributed by atoms with Crippen molar-refractivity contribution >= 4 is 33.4 Å². The van der Waals surface area contributed by atoms with Crippen LogP contribution in [0.1, 0.15) is 33.6 Å². The molecule has 7 nitrogen and oxygen atoms in total. The monoisotopic (exact) mass is 480 g/mol. The number of carbonyl (C=O) groups is 1. The summed E-state index contributed by atoms with van der Waals surface area (Å²) in [6.07, 6.45) is 0.861. The van der Waals surface area contributed by atoms with Crippen molar-refractivity contribution in [2.24, 2.45) is 5.92 Å². The summed E-state index contributed by atoms with van der Waals surface area (Å²) in [5, 5.41) is 10.5. The van der Waals surface area contributed by atoms with Gasteiger partial charge in [-0.15, -0.1) is 0 Å². The molecule has 2 aromatic rings. The van der Waals surface area contributed by atoms with Gasteiger partial charge in [-0.2, -0.15) is 0 Å². The molecule has 0 atom stereocenters. The second kappa shape index (κ2) is 9.58. The summed E-state index contributed by atoms with van der Waals surface area (Å²) in [6.45, 7) is 6.57. The summed E-state index contributed by atoms with van der Waals surface area (Å²) in [5.74, 6) is -0.139. The Hall–Kier alpha value is -2.45. The molecular weight excluding hydrogens is 452 g/mol. The van der Waals surface area contributed by atoms with Crippen LogP contribution in [0.3, 0.4) is 0 Å². The lowest BCUT2D eigenvalue weighted by molar-refractivity contribution is 0.0187. The van der Waals surface area contributed by atoms with Gasteiger partial charge >= 0.3 is 6.09 Å². The van der Waals surface area contributed by atoms with Gasteiger partial charge in [0.15, 0.2) is 0 Å². The lowest BCUT2D eigenvalue weighted by Gasteiger charge is -2.36. The van der Waals surface area contributed by atoms with Gasteiger partial charge in [-0.1, -0.05) is 35.9 Å². The minimum absolute atomic E-state index is 0.00874. The van der Waals surface area contributed by atoms with Crippen LogP contribution in [0.15, 0.2) is 53.4 Å². The molecule has 3 rings (SSSR count). The van der Waals surface area contributed by atoms with Crippen LogP contribution in [0.5, 0.6) is 5.75 Å². The van der Waals surface area contributed by atoms with Gasteiger partial charge in [-0.05, 0) is 63.8 Å². The van der Waals surface area contributed by atoms with Crippen LogP contribution in [0.25, 0.3) is 0 Å². The van der Waals surface area contributed by atoms with Gasteiger partial charge in [0, 0.05) is 19.6 Å². The molecule has 1 heterocycles. The van der Waals surface area contributed by atoms with E-state index in [2.05, 4.69) is 0 Å². The highest BCUT2D eigenvalue weighted by molar-refractivity contribution is 7.93. The molecule has 1 amide bonds. The average Bonchev–Trinajstić information content (AvgIpc) is 2.72. The topological polar surface area (TPSA) is 87.2 Å². The van der Waals surface area contributed by atoms with Crippen molar-refractivity contribution in [1.82, 2.24) is 4.90 Å². The Morgan fingerprint density at radius 3 is 2.31 bits per heavy atom. The third kappa shape index (κ3) is 5.66. The van der Waals surface area contributed by atoms with E-state index in [1.807, 2.05) is 20.8 Å². The third-order valence-corrected chi connectivity index (χ3v) is 7.52. The van der Waals surface area contributed by atoms with Gasteiger partial charge < -0.3 is 14.7 Å². The van der Waals surface area contributed by atoms with Gasteiger partial charge in [0.25, 0.3) is 10.0 Å². The maximum atomic E-state index is 13.6. The lowest BCUT2D eigenvalue weighted by atomic mass is 9.97. The minimum Gasteiger partial charge on any atom is -0.506 e. The van der Waals surface area contributed by atoms with E-state index in [-0.39, 0.29) is 39.9 Å². The zero-order valence-electron chi connectivity index (χ0n) is 18.5. The Bertz CT molecular complexity index is 1060. The van der Waals surface area contributed by atoms with E-state index in [1.165, 1.54) is 22.5 Å². The summed E-state index contributed by atoms with van der Waals surface area (Å²) >= 11 is 6.20. The van der Waals surface area contributed by atoms with Crippen molar-refractivity contribution in [2.45, 2.75) is 44.1 Å². The Labute approximate surface area is 194 Å². The number of hydrogen-bond acceptors (Lipinski definition) is 5. The number of carbonyl (C=O) groups excluding carboxylic acids is 1. The molecule has 1 fully saturated rings. The van der Waals surface area contributed by atoms with E-state index in [4.69, 9.17) is 16.3 Å². The van der Waals surface area contributed by atoms with Crippen LogP contribution in [0, 0.1) is 5.92 Å². The summed E-state index contributed by atoms with van der Waals surface area (Å²) in [6, 6.07) is 12.6. The highest BCUT2D eigenvalue weighted by Gasteiger charge is 2.33. The van der Waals surface area contributed by atoms with Crippen molar-refractivity contribution in [3.63, 3.8) is 0 Å². The molecule has 2 aromatic carbocycles. The van der Waals surface area contributed by atoms with Crippen LogP contribution in [0.2, 0.25) is 5.02 Å². The van der Waals surface area contributed by atoms with Crippen LogP contribution in [0.4, 0.5) is 10.5 Å². The van der Waals surface area contributed by atoms with Gasteiger partial charge in [0.1, 0.15) is 16.2 Å². The van der Waals surface area contributed by atoms with Crippen molar-refractivity contribution < 1.29 is 23.1 Å². The number of amides is 1. The number of hydrogen-bond donors (Lipinski definition) is 1. The normalized spacial score (nSPS) is 15.4. The fourth-order valence-corrected chi connectivity index (χ4v) is 5.68. The number of sulfonamides is 1. The number of phenolic OH excluding ortho intramolecular Hbond substituents is 1. The second-order valence-electron chi connectivity index (χ2n) is 8.87. The first-order chi connectivity index (χ1) is 15.0. The number of anilines is 1. The maximum Gasteiger partial charge on any atom is 0.410 e. The molecule has 1 N–H and O–H groups in total. The number of aromatic hydroxyl groups is 1. The van der Waals surface area contributed by atoms with E-state index < -0.39 is 15.6 Å². The van der Waals surface area contributed by atoms with Crippen LogP contribution in [-0.4, -0.2) is 49.8 Å². The molecule has 1 aliphatic heterocycles. The smallest absolute Gasteiger partial charge is 0.410 e. The minimum atomic E-state index is -4.02. The number of benzene rings is 2. The molecule has 0 bridgehead atoms. The van der Waals surface area contributed by atoms with Crippen LogP contribution in [-0.2, 0) is 14.8 Å². The SMILES string of the molecule is CC(C)(C)OC(=O)N1CCC(CN(c2ccccc2O)S(=O)(=O)c2ccccc2Cl)CC1. The molecular formula is C23H29ClN2O5S. The third-order valence-electron chi connectivity index (χ3n) is 5.25. The molecule has 0 saturated carbocycles. The quantitative estimate of drug-likeness (QED) is 0.658. The molecule has 1 saturated heterocycles. The molecule has 32 heavy (non-hydrogen) atoms. The number of nitrogens with zero attached hydrogens (tertiary/aromatic N) is 2. The number of rotatable bonds is 5. The number of piperidine rings is 1. The summed E-state index contributed by atoms with van der Waals surface area (Å²) in [4.78, 5) is 14.0. The fourth-order valence-electron chi connectivity index (χ4n) is 3.63. The standard InChI is InChI=1S/C23H29ClN2O5S/c1-23(2,3)31-22(28)25-14-12-17(13-15-25)16-26(19-9-5-6-10-20(19)27)32(29,30)21-11-7-4-8-18(21)24/h4-11,17,27H,12-16H2,1-3H3. The predicted molar refractivity (Wildman–Crippen MR) is 125 cm³/mol. The number of halogens is 1. The first-order valence-electron chi connectivity index (χ1n) is 10.5.